The molecule has 1 fully saturated rings. The molecule has 1 saturated carbocycles. The highest BCUT2D eigenvalue weighted by Gasteiger charge is 2.30. The van der Waals surface area contributed by atoms with E-state index in [0.29, 0.717) is 50.6 Å². The van der Waals surface area contributed by atoms with Crippen LogP contribution in [0.2, 0.25) is 0 Å². The van der Waals surface area contributed by atoms with Gasteiger partial charge in [-0.2, -0.15) is 0 Å². The average molecular weight is 674 g/mol. The molecule has 1 aliphatic carbocycles. The molecule has 0 saturated heterocycles. The Hall–Kier alpha value is -2.69. The lowest BCUT2D eigenvalue weighted by Gasteiger charge is -2.31. The molecule has 0 aliphatic heterocycles. The van der Waals surface area contributed by atoms with E-state index in [1.807, 2.05) is 58.4 Å². The molecule has 2 rings (SSSR count). The second-order valence-electron chi connectivity index (χ2n) is 14.7. The number of aryl methyl sites for hydroxylation is 1. The SMILES string of the molecule is CC[C@H](CNC(=O)[C@H](CCc1ccccc1)OC(=O)N(C)CCN(C)CCN(C)C)C(=O)N[C@@H](CC1CCCCC1)[C@@H](O)CCC(C)C. The zero-order valence-electron chi connectivity index (χ0n) is 31.1. The minimum atomic E-state index is -0.996. The summed E-state index contributed by atoms with van der Waals surface area (Å²) in [5.74, 6) is -0.0431. The third kappa shape index (κ3) is 16.6. The molecule has 48 heavy (non-hydrogen) atoms. The van der Waals surface area contributed by atoms with Gasteiger partial charge in [-0.05, 0) is 77.1 Å². The van der Waals surface area contributed by atoms with Gasteiger partial charge in [0.15, 0.2) is 6.10 Å². The molecule has 0 aromatic heterocycles. The van der Waals surface area contributed by atoms with Gasteiger partial charge in [-0.15, -0.1) is 0 Å². The van der Waals surface area contributed by atoms with Gasteiger partial charge in [0.2, 0.25) is 5.91 Å². The third-order valence-corrected chi connectivity index (χ3v) is 9.66. The van der Waals surface area contributed by atoms with Gasteiger partial charge in [-0.25, -0.2) is 4.79 Å². The quantitative estimate of drug-likeness (QED) is 0.160. The molecule has 0 unspecified atom stereocenters. The standard InChI is InChI=1S/C38H67N5O5/c1-8-32(36(45)40-33(34(44)21-19-29(2)3)27-31-17-13-10-14-18-31)28-39-37(46)35(22-20-30-15-11-9-12-16-30)48-38(47)43(7)26-25-42(6)24-23-41(4)5/h9,11-12,15-16,29,31-35,44H,8,10,13-14,17-28H2,1-7H3,(H,39,46)(H,40,45)/t32-,33+,34+,35+/m1/s1. The normalized spacial score (nSPS) is 16.4. The van der Waals surface area contributed by atoms with Gasteiger partial charge in [0.1, 0.15) is 0 Å². The minimum absolute atomic E-state index is 0.130. The van der Waals surface area contributed by atoms with E-state index < -0.39 is 30.1 Å². The third-order valence-electron chi connectivity index (χ3n) is 9.66. The maximum Gasteiger partial charge on any atom is 0.410 e. The van der Waals surface area contributed by atoms with Gasteiger partial charge in [-0.1, -0.05) is 83.2 Å². The number of carbonyl (C=O) groups excluding carboxylic acids is 3. The molecule has 274 valence electrons. The van der Waals surface area contributed by atoms with Crippen LogP contribution in [0.4, 0.5) is 4.79 Å². The molecular formula is C38H67N5O5. The Balaban J connectivity index is 2.03. The lowest BCUT2D eigenvalue weighted by atomic mass is 9.82. The molecule has 4 atom stereocenters. The first-order valence-electron chi connectivity index (χ1n) is 18.4. The van der Waals surface area contributed by atoms with Crippen molar-refractivity contribution in [3.8, 4) is 0 Å². The predicted octanol–water partition coefficient (Wildman–Crippen LogP) is 4.94. The topological polar surface area (TPSA) is 114 Å². The number of hydrogen-bond acceptors (Lipinski definition) is 7. The summed E-state index contributed by atoms with van der Waals surface area (Å²) in [4.78, 5) is 46.0. The Morgan fingerprint density at radius 2 is 1.56 bits per heavy atom. The number of nitrogens with one attached hydrogen (secondary N) is 2. The minimum Gasteiger partial charge on any atom is -0.436 e. The van der Waals surface area contributed by atoms with Crippen LogP contribution in [0.25, 0.3) is 0 Å². The van der Waals surface area contributed by atoms with Crippen LogP contribution in [0.15, 0.2) is 30.3 Å². The van der Waals surface area contributed by atoms with E-state index in [0.717, 1.165) is 44.3 Å². The maximum atomic E-state index is 13.6. The van der Waals surface area contributed by atoms with Crippen molar-refractivity contribution in [3.63, 3.8) is 0 Å². The van der Waals surface area contributed by atoms with Crippen LogP contribution in [-0.4, -0.2) is 117 Å². The van der Waals surface area contributed by atoms with Crippen LogP contribution >= 0.6 is 0 Å². The molecule has 3 amide bonds. The first kappa shape index (κ1) is 41.5. The molecule has 1 aromatic carbocycles. The lowest BCUT2D eigenvalue weighted by molar-refractivity contribution is -0.131. The van der Waals surface area contributed by atoms with Gasteiger partial charge >= 0.3 is 6.09 Å². The number of nitrogens with zero attached hydrogens (tertiary/aromatic N) is 3. The van der Waals surface area contributed by atoms with Crippen molar-refractivity contribution in [2.75, 3.05) is 60.9 Å². The van der Waals surface area contributed by atoms with Crippen molar-refractivity contribution in [2.45, 2.75) is 110 Å². The van der Waals surface area contributed by atoms with Gasteiger partial charge in [0, 0.05) is 39.8 Å². The largest absolute Gasteiger partial charge is 0.436 e. The summed E-state index contributed by atoms with van der Waals surface area (Å²) >= 11 is 0. The molecule has 0 bridgehead atoms. The fourth-order valence-electron chi connectivity index (χ4n) is 6.15. The van der Waals surface area contributed by atoms with E-state index in [9.17, 15) is 19.5 Å². The van der Waals surface area contributed by atoms with Gasteiger partial charge in [0.25, 0.3) is 5.91 Å². The zero-order chi connectivity index (χ0) is 35.5. The van der Waals surface area contributed by atoms with Gasteiger partial charge in [-0.3, -0.25) is 9.59 Å². The van der Waals surface area contributed by atoms with Crippen LogP contribution in [0.5, 0.6) is 0 Å². The summed E-state index contributed by atoms with van der Waals surface area (Å²) in [5, 5.41) is 17.3. The zero-order valence-corrected chi connectivity index (χ0v) is 31.1. The summed E-state index contributed by atoms with van der Waals surface area (Å²) in [6, 6.07) is 9.51. The highest BCUT2D eigenvalue weighted by atomic mass is 16.6. The van der Waals surface area contributed by atoms with Crippen molar-refractivity contribution in [2.24, 2.45) is 17.8 Å². The number of aliphatic hydroxyl groups is 1. The molecule has 0 heterocycles. The van der Waals surface area contributed by atoms with E-state index in [1.54, 1.807) is 7.05 Å². The first-order chi connectivity index (χ1) is 22.9. The van der Waals surface area contributed by atoms with Gasteiger partial charge < -0.3 is 35.2 Å². The number of rotatable bonds is 22. The Kier molecular flexibility index (Phi) is 19.7. The Bertz CT molecular complexity index is 1050. The Morgan fingerprint density at radius 3 is 2.19 bits per heavy atom. The average Bonchev–Trinajstić information content (AvgIpc) is 3.07. The van der Waals surface area contributed by atoms with Crippen LogP contribution in [0.3, 0.4) is 0 Å². The van der Waals surface area contributed by atoms with E-state index >= 15 is 0 Å². The summed E-state index contributed by atoms with van der Waals surface area (Å²) in [6.45, 7) is 9.30. The first-order valence-corrected chi connectivity index (χ1v) is 18.4. The van der Waals surface area contributed by atoms with Crippen molar-refractivity contribution >= 4 is 17.9 Å². The van der Waals surface area contributed by atoms with Crippen LogP contribution in [0.1, 0.15) is 90.5 Å². The van der Waals surface area contributed by atoms with Crippen LogP contribution in [0, 0.1) is 17.8 Å². The van der Waals surface area contributed by atoms with E-state index in [4.69, 9.17) is 4.74 Å². The summed E-state index contributed by atoms with van der Waals surface area (Å²) < 4.78 is 5.79. The second-order valence-corrected chi connectivity index (χ2v) is 14.7. The fraction of sp³-hybridized carbons (Fsp3) is 0.763. The fourth-order valence-corrected chi connectivity index (χ4v) is 6.15. The number of ether oxygens (including phenoxy) is 1. The lowest BCUT2D eigenvalue weighted by Crippen LogP contribution is -2.49. The number of aliphatic hydroxyl groups excluding tert-OH is 1. The molecule has 1 aromatic rings. The Morgan fingerprint density at radius 1 is 0.896 bits per heavy atom. The smallest absolute Gasteiger partial charge is 0.410 e. The molecule has 0 radical (unpaired) electrons. The van der Waals surface area contributed by atoms with Crippen molar-refractivity contribution in [3.05, 3.63) is 35.9 Å². The van der Waals surface area contributed by atoms with Crippen molar-refractivity contribution in [1.82, 2.24) is 25.3 Å². The van der Waals surface area contributed by atoms with Crippen LogP contribution < -0.4 is 10.6 Å². The number of amides is 3. The number of carbonyl (C=O) groups is 3. The molecule has 10 nitrogen and oxygen atoms in total. The molecule has 0 spiro atoms. The highest BCUT2D eigenvalue weighted by molar-refractivity contribution is 5.85. The number of hydrogen-bond donors (Lipinski definition) is 3. The highest BCUT2D eigenvalue weighted by Crippen LogP contribution is 2.29. The maximum absolute atomic E-state index is 13.6. The number of likely N-dealkylation sites (N-methyl/N-ethyl adjacent to an activating group) is 3. The van der Waals surface area contributed by atoms with Crippen LogP contribution in [-0.2, 0) is 20.7 Å². The van der Waals surface area contributed by atoms with Crippen molar-refractivity contribution < 1.29 is 24.2 Å². The van der Waals surface area contributed by atoms with Gasteiger partial charge in [0.05, 0.1) is 18.1 Å². The van der Waals surface area contributed by atoms with E-state index in [1.165, 1.54) is 24.2 Å². The summed E-state index contributed by atoms with van der Waals surface area (Å²) in [6.07, 6.45) is 7.56. The molecule has 3 N–H and O–H groups in total. The predicted molar refractivity (Wildman–Crippen MR) is 194 cm³/mol. The van der Waals surface area contributed by atoms with Crippen molar-refractivity contribution in [1.29, 1.82) is 0 Å². The second kappa shape index (κ2) is 22.9. The molecule has 1 aliphatic rings. The Labute approximate surface area is 291 Å². The molecule has 10 heteroatoms. The summed E-state index contributed by atoms with van der Waals surface area (Å²) in [7, 11) is 7.76. The molecular weight excluding hydrogens is 606 g/mol. The number of benzene rings is 1. The summed E-state index contributed by atoms with van der Waals surface area (Å²) in [5.41, 5.74) is 1.05. The van der Waals surface area contributed by atoms with E-state index in [-0.39, 0.29) is 18.5 Å². The van der Waals surface area contributed by atoms with E-state index in [2.05, 4.69) is 34.3 Å². The monoisotopic (exact) mass is 674 g/mol.